The van der Waals surface area contributed by atoms with Crippen molar-refractivity contribution in [2.24, 2.45) is 45.3 Å². The van der Waals surface area contributed by atoms with Crippen molar-refractivity contribution in [3.63, 3.8) is 0 Å². The number of hydrogen-bond donors (Lipinski definition) is 3. The lowest BCUT2D eigenvalue weighted by molar-refractivity contribution is -0.248. The Morgan fingerprint density at radius 1 is 1.12 bits per heavy atom. The van der Waals surface area contributed by atoms with E-state index in [0.717, 1.165) is 57.6 Å². The van der Waals surface area contributed by atoms with Crippen molar-refractivity contribution >= 4 is 5.97 Å². The lowest BCUT2D eigenvalue weighted by atomic mass is 9.48. The van der Waals surface area contributed by atoms with Crippen molar-refractivity contribution in [2.45, 2.75) is 162 Å². The number of esters is 1. The number of aromatic nitrogens is 2. The summed E-state index contributed by atoms with van der Waals surface area (Å²) in [6.07, 6.45) is 11.1. The number of aliphatic hydroxyl groups excluding tert-OH is 1. The van der Waals surface area contributed by atoms with Crippen molar-refractivity contribution in [3.8, 4) is 0 Å². The molecule has 1 aromatic heterocycles. The first kappa shape index (κ1) is 36.8. The zero-order valence-electron chi connectivity index (χ0n) is 32.0. The van der Waals surface area contributed by atoms with Gasteiger partial charge in [0.05, 0.1) is 49.7 Å². The molecule has 10 nitrogen and oxygen atoms in total. The van der Waals surface area contributed by atoms with Crippen molar-refractivity contribution < 1.29 is 34.0 Å². The first-order chi connectivity index (χ1) is 23.5. The van der Waals surface area contributed by atoms with E-state index in [0.29, 0.717) is 24.9 Å². The molecule has 2 aliphatic heterocycles. The van der Waals surface area contributed by atoms with Gasteiger partial charge in [0.2, 0.25) is 0 Å². The molecule has 4 aliphatic carbocycles. The molecule has 6 aliphatic rings. The minimum Gasteiger partial charge on any atom is -0.457 e. The average Bonchev–Trinajstić information content (AvgIpc) is 3.40. The van der Waals surface area contributed by atoms with Gasteiger partial charge in [-0.15, -0.1) is 0 Å². The monoisotopic (exact) mass is 699 g/mol. The summed E-state index contributed by atoms with van der Waals surface area (Å²) in [5.41, 5.74) is -1.11. The first-order valence-electron chi connectivity index (χ1n) is 19.7. The van der Waals surface area contributed by atoms with Crippen LogP contribution in [0.4, 0.5) is 0 Å². The van der Waals surface area contributed by atoms with E-state index in [1.807, 2.05) is 12.4 Å². The van der Waals surface area contributed by atoms with Crippen LogP contribution in [0.3, 0.4) is 0 Å². The Morgan fingerprint density at radius 3 is 2.52 bits per heavy atom. The molecule has 12 unspecified atom stereocenters. The molecule has 4 saturated carbocycles. The largest absolute Gasteiger partial charge is 0.457 e. The number of nitrogens with zero attached hydrogens (tertiary/aromatic N) is 2. The van der Waals surface area contributed by atoms with E-state index in [1.54, 1.807) is 13.8 Å². The van der Waals surface area contributed by atoms with Gasteiger partial charge in [-0.2, -0.15) is 0 Å². The third-order valence-electron chi connectivity index (χ3n) is 15.1. The Kier molecular flexibility index (Phi) is 9.62. The lowest BCUT2D eigenvalue weighted by Gasteiger charge is -2.58. The van der Waals surface area contributed by atoms with Crippen LogP contribution in [0.5, 0.6) is 0 Å². The number of nitrogens with one attached hydrogen (secondary N) is 1. The van der Waals surface area contributed by atoms with Gasteiger partial charge >= 0.3 is 5.97 Å². The number of rotatable bonds is 7. The second-order valence-corrected chi connectivity index (χ2v) is 19.1. The summed E-state index contributed by atoms with van der Waals surface area (Å²) in [6, 6.07) is 0. The molecule has 3 heterocycles. The Balaban J connectivity index is 1.09. The highest BCUT2D eigenvalue weighted by Crippen LogP contribution is 2.85. The van der Waals surface area contributed by atoms with E-state index >= 15 is 0 Å². The molecule has 3 N–H and O–H groups in total. The number of imidazole rings is 1. The average molecular weight is 700 g/mol. The molecule has 6 fully saturated rings. The molecule has 12 atom stereocenters. The Morgan fingerprint density at radius 2 is 1.84 bits per heavy atom. The molecule has 10 heteroatoms. The molecule has 7 rings (SSSR count). The van der Waals surface area contributed by atoms with Crippen LogP contribution in [0.25, 0.3) is 0 Å². The van der Waals surface area contributed by atoms with Crippen LogP contribution in [0, 0.1) is 45.3 Å². The van der Waals surface area contributed by atoms with Gasteiger partial charge in [-0.05, 0) is 111 Å². The van der Waals surface area contributed by atoms with Crippen molar-refractivity contribution in [1.82, 2.24) is 14.9 Å². The minimum atomic E-state index is -1.26. The molecule has 0 radical (unpaired) electrons. The Bertz CT molecular complexity index is 1360. The van der Waals surface area contributed by atoms with Crippen LogP contribution >= 0.6 is 0 Å². The summed E-state index contributed by atoms with van der Waals surface area (Å²) in [5, 5.41) is 23.6. The fourth-order valence-electron chi connectivity index (χ4n) is 12.8. The van der Waals surface area contributed by atoms with Crippen LogP contribution < -0.4 is 0 Å². The number of hydrogen-bond acceptors (Lipinski definition) is 9. The van der Waals surface area contributed by atoms with Crippen LogP contribution in [0.15, 0.2) is 12.4 Å². The SMILES string of the molecule is CC(=O)OC(C1CC(C)C2CCCC34CC35CCC(OC3CN(Cc6ncc[nH]6)CCO3)C(C)(C)C5CCC4C(C)(C)C(O)C2O1)C(C)(C)O. The number of aromatic amines is 1. The van der Waals surface area contributed by atoms with Crippen LogP contribution in [0.2, 0.25) is 0 Å². The fourth-order valence-corrected chi connectivity index (χ4v) is 12.8. The number of ether oxygens (including phenoxy) is 4. The Hall–Kier alpha value is -1.56. The van der Waals surface area contributed by atoms with Gasteiger partial charge in [-0.25, -0.2) is 4.98 Å². The number of carbonyl (C=O) groups is 1. The molecule has 0 amide bonds. The molecule has 282 valence electrons. The molecule has 0 aromatic carbocycles. The molecule has 2 saturated heterocycles. The predicted octanol–water partition coefficient (Wildman–Crippen LogP) is 5.86. The van der Waals surface area contributed by atoms with Crippen molar-refractivity contribution in [1.29, 1.82) is 0 Å². The van der Waals surface area contributed by atoms with Gasteiger partial charge in [0.15, 0.2) is 12.4 Å². The molecule has 0 bridgehead atoms. The molecular formula is C40H65N3O7. The second kappa shape index (κ2) is 13.1. The van der Waals surface area contributed by atoms with Gasteiger partial charge < -0.3 is 34.1 Å². The molecule has 2 spiro atoms. The maximum atomic E-state index is 12.5. The van der Waals surface area contributed by atoms with E-state index < -0.39 is 29.9 Å². The zero-order valence-corrected chi connectivity index (χ0v) is 32.0. The lowest BCUT2D eigenvalue weighted by Crippen LogP contribution is -2.59. The maximum Gasteiger partial charge on any atom is 0.303 e. The van der Waals surface area contributed by atoms with E-state index in [-0.39, 0.29) is 52.0 Å². The third kappa shape index (κ3) is 6.19. The van der Waals surface area contributed by atoms with E-state index in [1.165, 1.54) is 26.2 Å². The minimum absolute atomic E-state index is 0.0161. The van der Waals surface area contributed by atoms with E-state index in [9.17, 15) is 15.0 Å². The van der Waals surface area contributed by atoms with Gasteiger partial charge in [-0.1, -0.05) is 41.0 Å². The van der Waals surface area contributed by atoms with Crippen LogP contribution in [-0.4, -0.2) is 93.2 Å². The highest BCUT2D eigenvalue weighted by Gasteiger charge is 2.79. The summed E-state index contributed by atoms with van der Waals surface area (Å²) >= 11 is 0. The molecule has 50 heavy (non-hydrogen) atoms. The summed E-state index contributed by atoms with van der Waals surface area (Å²) < 4.78 is 25.7. The maximum absolute atomic E-state index is 12.5. The van der Waals surface area contributed by atoms with Crippen molar-refractivity contribution in [2.75, 3.05) is 19.7 Å². The zero-order chi connectivity index (χ0) is 35.9. The standard InChI is InChI=1S/C40H65N3O7/c1-24-20-27(35(38(7,8)46)48-25(2)44)49-33-26(24)10-9-14-39-23-40(39)15-13-30(36(3,4)28(40)11-12-29(39)37(5,6)34(33)45)50-32-22-43(18-19-47-32)21-31-41-16-17-42-31/h16-17,24,26-30,32-35,45-46H,9-15,18-23H2,1-8H3,(H,41,42). The number of fused-ring (bicyclic) bond motifs is 1. The summed E-state index contributed by atoms with van der Waals surface area (Å²) in [5.74, 6) is 2.00. The number of morpholine rings is 1. The summed E-state index contributed by atoms with van der Waals surface area (Å²) in [7, 11) is 0. The van der Waals surface area contributed by atoms with Crippen LogP contribution in [0.1, 0.15) is 119 Å². The first-order valence-corrected chi connectivity index (χ1v) is 19.7. The summed E-state index contributed by atoms with van der Waals surface area (Å²) in [6.45, 7) is 19.6. The van der Waals surface area contributed by atoms with Gasteiger partial charge in [0, 0.05) is 25.9 Å². The second-order valence-electron chi connectivity index (χ2n) is 19.1. The van der Waals surface area contributed by atoms with Gasteiger partial charge in [0.1, 0.15) is 5.82 Å². The van der Waals surface area contributed by atoms with Crippen molar-refractivity contribution in [3.05, 3.63) is 18.2 Å². The topological polar surface area (TPSA) is 126 Å². The van der Waals surface area contributed by atoms with E-state index in [4.69, 9.17) is 18.9 Å². The predicted molar refractivity (Wildman–Crippen MR) is 189 cm³/mol. The third-order valence-corrected chi connectivity index (χ3v) is 15.1. The van der Waals surface area contributed by atoms with Crippen LogP contribution in [-0.2, 0) is 30.3 Å². The molecule has 1 aromatic rings. The number of H-pyrrole nitrogens is 1. The highest BCUT2D eigenvalue weighted by atomic mass is 16.7. The van der Waals surface area contributed by atoms with E-state index in [2.05, 4.69) is 49.5 Å². The van der Waals surface area contributed by atoms with Gasteiger partial charge in [0.25, 0.3) is 0 Å². The summed E-state index contributed by atoms with van der Waals surface area (Å²) in [4.78, 5) is 22.1. The smallest absolute Gasteiger partial charge is 0.303 e. The molecular weight excluding hydrogens is 634 g/mol. The quantitative estimate of drug-likeness (QED) is 0.300. The fraction of sp³-hybridized carbons (Fsp3) is 0.900. The number of carbonyl (C=O) groups excluding carboxylic acids is 1. The highest BCUT2D eigenvalue weighted by molar-refractivity contribution is 5.66. The normalized spacial score (nSPS) is 43.4. The number of aliphatic hydroxyl groups is 2. The van der Waals surface area contributed by atoms with Gasteiger partial charge in [-0.3, -0.25) is 9.69 Å². The Labute approximate surface area is 299 Å².